The highest BCUT2D eigenvalue weighted by Crippen LogP contribution is 2.30. The van der Waals surface area contributed by atoms with Gasteiger partial charge < -0.3 is 10.4 Å². The molecule has 0 radical (unpaired) electrons. The van der Waals surface area contributed by atoms with Gasteiger partial charge in [-0.15, -0.1) is 23.1 Å². The molecular weight excluding hydrogens is 356 g/mol. The lowest BCUT2D eigenvalue weighted by Crippen LogP contribution is -2.27. The van der Waals surface area contributed by atoms with Crippen LogP contribution in [0.5, 0.6) is 0 Å². The zero-order chi connectivity index (χ0) is 16.7. The lowest BCUT2D eigenvalue weighted by Gasteiger charge is -2.03. The quantitative estimate of drug-likeness (QED) is 0.698. The number of amides is 1. The number of carbonyl (C=O) groups excluding carboxylic acids is 1. The monoisotopic (exact) mass is 370 g/mol. The maximum absolute atomic E-state index is 11.8. The van der Waals surface area contributed by atoms with Crippen molar-refractivity contribution in [3.05, 3.63) is 40.4 Å². The van der Waals surface area contributed by atoms with E-state index in [9.17, 15) is 9.59 Å². The normalized spacial score (nSPS) is 10.5. The number of carboxylic acid groups (broad SMARTS) is 1. The lowest BCUT2D eigenvalue weighted by atomic mass is 10.2. The zero-order valence-corrected chi connectivity index (χ0v) is 14.5. The Bertz CT molecular complexity index is 691. The summed E-state index contributed by atoms with van der Waals surface area (Å²) in [6.07, 6.45) is 0.199. The maximum atomic E-state index is 11.8. The molecule has 2 N–H and O–H groups in total. The molecule has 5 nitrogen and oxygen atoms in total. The van der Waals surface area contributed by atoms with Crippen LogP contribution in [0.1, 0.15) is 5.69 Å². The Kier molecular flexibility index (Phi) is 6.88. The summed E-state index contributed by atoms with van der Waals surface area (Å²) in [5, 5.41) is 14.5. The Balaban J connectivity index is 1.81. The van der Waals surface area contributed by atoms with Crippen LogP contribution in [0.2, 0.25) is 5.02 Å². The van der Waals surface area contributed by atoms with Crippen molar-refractivity contribution in [2.24, 2.45) is 0 Å². The highest BCUT2D eigenvalue weighted by molar-refractivity contribution is 7.99. The van der Waals surface area contributed by atoms with Gasteiger partial charge in [0.25, 0.3) is 0 Å². The molecule has 1 heterocycles. The van der Waals surface area contributed by atoms with Crippen LogP contribution in [-0.4, -0.2) is 40.0 Å². The first-order valence-corrected chi connectivity index (χ1v) is 9.23. The molecule has 2 aromatic rings. The first-order chi connectivity index (χ1) is 11.1. The van der Waals surface area contributed by atoms with Crippen LogP contribution in [0.25, 0.3) is 10.6 Å². The number of aliphatic carboxylic acids is 1. The number of carbonyl (C=O) groups is 2. The molecule has 8 heteroatoms. The molecule has 0 aliphatic heterocycles. The highest BCUT2D eigenvalue weighted by atomic mass is 35.5. The van der Waals surface area contributed by atoms with E-state index in [4.69, 9.17) is 16.7 Å². The third kappa shape index (κ3) is 5.85. The third-order valence-corrected chi connectivity index (χ3v) is 4.99. The number of nitrogens with zero attached hydrogens (tertiary/aromatic N) is 1. The number of benzene rings is 1. The maximum Gasteiger partial charge on any atom is 0.313 e. The van der Waals surface area contributed by atoms with Crippen LogP contribution in [0.3, 0.4) is 0 Å². The minimum atomic E-state index is -0.851. The SMILES string of the molecule is O=C(O)CSCCNC(=O)Cc1csc(-c2ccccc2Cl)n1. The number of rotatable bonds is 8. The molecule has 23 heavy (non-hydrogen) atoms. The van der Waals surface area contributed by atoms with Crippen molar-refractivity contribution in [2.75, 3.05) is 18.1 Å². The predicted octanol–water partition coefficient (Wildman–Crippen LogP) is 2.94. The van der Waals surface area contributed by atoms with Crippen molar-refractivity contribution in [3.63, 3.8) is 0 Å². The molecule has 1 amide bonds. The smallest absolute Gasteiger partial charge is 0.313 e. The molecule has 1 aromatic carbocycles. The minimum absolute atomic E-state index is 0.0448. The van der Waals surface area contributed by atoms with E-state index in [1.54, 1.807) is 6.07 Å². The Morgan fingerprint density at radius 2 is 2.13 bits per heavy atom. The molecule has 0 bridgehead atoms. The van der Waals surface area contributed by atoms with Gasteiger partial charge in [0.15, 0.2) is 0 Å². The van der Waals surface area contributed by atoms with Crippen molar-refractivity contribution >= 4 is 46.6 Å². The Morgan fingerprint density at radius 3 is 2.87 bits per heavy atom. The van der Waals surface area contributed by atoms with Crippen molar-refractivity contribution in [2.45, 2.75) is 6.42 Å². The zero-order valence-electron chi connectivity index (χ0n) is 12.1. The topological polar surface area (TPSA) is 79.3 Å². The van der Waals surface area contributed by atoms with Crippen LogP contribution in [0.4, 0.5) is 0 Å². The van der Waals surface area contributed by atoms with Crippen LogP contribution in [0, 0.1) is 0 Å². The number of carboxylic acids is 1. The van der Waals surface area contributed by atoms with Gasteiger partial charge in [0, 0.05) is 23.2 Å². The van der Waals surface area contributed by atoms with Crippen molar-refractivity contribution < 1.29 is 14.7 Å². The number of hydrogen-bond acceptors (Lipinski definition) is 5. The summed E-state index contributed by atoms with van der Waals surface area (Å²) in [7, 11) is 0. The molecular formula is C15H15ClN2O3S2. The first-order valence-electron chi connectivity index (χ1n) is 6.82. The van der Waals surface area contributed by atoms with Gasteiger partial charge in [-0.05, 0) is 6.07 Å². The summed E-state index contributed by atoms with van der Waals surface area (Å²) in [4.78, 5) is 26.6. The number of hydrogen-bond donors (Lipinski definition) is 2. The molecule has 0 spiro atoms. The lowest BCUT2D eigenvalue weighted by molar-refractivity contribution is -0.133. The van der Waals surface area contributed by atoms with Crippen LogP contribution in [0.15, 0.2) is 29.6 Å². The summed E-state index contributed by atoms with van der Waals surface area (Å²) in [5.74, 6) is -0.365. The average Bonchev–Trinajstić information content (AvgIpc) is 2.95. The number of thioether (sulfide) groups is 1. The molecule has 122 valence electrons. The molecule has 0 atom stereocenters. The van der Waals surface area contributed by atoms with E-state index in [1.807, 2.05) is 23.6 Å². The van der Waals surface area contributed by atoms with Crippen molar-refractivity contribution in [1.82, 2.24) is 10.3 Å². The first kappa shape index (κ1) is 17.8. The van der Waals surface area contributed by atoms with Gasteiger partial charge in [-0.2, -0.15) is 0 Å². The average molecular weight is 371 g/mol. The van der Waals surface area contributed by atoms with Crippen molar-refractivity contribution in [3.8, 4) is 10.6 Å². The van der Waals surface area contributed by atoms with Gasteiger partial charge in [0.2, 0.25) is 5.91 Å². The molecule has 0 saturated heterocycles. The fourth-order valence-corrected chi connectivity index (χ4v) is 3.50. The standard InChI is InChI=1S/C15H15ClN2O3S2/c16-12-4-2-1-3-11(12)15-18-10(8-23-15)7-13(19)17-5-6-22-9-14(20)21/h1-4,8H,5-7,9H2,(H,17,19)(H,20,21). The molecule has 2 rings (SSSR count). The Morgan fingerprint density at radius 1 is 1.35 bits per heavy atom. The Hall–Kier alpha value is -1.57. The van der Waals surface area contributed by atoms with E-state index in [1.165, 1.54) is 23.1 Å². The van der Waals surface area contributed by atoms with Gasteiger partial charge in [-0.1, -0.05) is 29.8 Å². The predicted molar refractivity (Wildman–Crippen MR) is 94.2 cm³/mol. The highest BCUT2D eigenvalue weighted by Gasteiger charge is 2.10. The summed E-state index contributed by atoms with van der Waals surface area (Å²) < 4.78 is 0. The van der Waals surface area contributed by atoms with Gasteiger partial charge in [0.1, 0.15) is 5.01 Å². The van der Waals surface area contributed by atoms with E-state index in [-0.39, 0.29) is 18.1 Å². The van der Waals surface area contributed by atoms with Gasteiger partial charge in [-0.3, -0.25) is 9.59 Å². The van der Waals surface area contributed by atoms with E-state index in [0.717, 1.165) is 10.6 Å². The number of thiazole rings is 1. The van der Waals surface area contributed by atoms with Gasteiger partial charge in [0.05, 0.1) is 22.9 Å². The van der Waals surface area contributed by atoms with Crippen molar-refractivity contribution in [1.29, 1.82) is 0 Å². The Labute approximate surface area is 147 Å². The number of halogens is 1. The molecule has 0 aliphatic carbocycles. The van der Waals surface area contributed by atoms with E-state index in [2.05, 4.69) is 10.3 Å². The van der Waals surface area contributed by atoms with Gasteiger partial charge >= 0.3 is 5.97 Å². The van der Waals surface area contributed by atoms with E-state index < -0.39 is 5.97 Å². The van der Waals surface area contributed by atoms with E-state index >= 15 is 0 Å². The summed E-state index contributed by atoms with van der Waals surface area (Å²) in [6, 6.07) is 7.45. The van der Waals surface area contributed by atoms with E-state index in [0.29, 0.717) is 23.0 Å². The summed E-state index contributed by atoms with van der Waals surface area (Å²) in [6.45, 7) is 0.443. The fraction of sp³-hybridized carbons (Fsp3) is 0.267. The summed E-state index contributed by atoms with van der Waals surface area (Å²) in [5.41, 5.74) is 1.55. The number of nitrogens with one attached hydrogen (secondary N) is 1. The fourth-order valence-electron chi connectivity index (χ4n) is 1.80. The molecule has 0 unspecified atom stereocenters. The van der Waals surface area contributed by atoms with Crippen LogP contribution < -0.4 is 5.32 Å². The molecule has 1 aromatic heterocycles. The molecule has 0 saturated carbocycles. The third-order valence-electron chi connectivity index (χ3n) is 2.79. The van der Waals surface area contributed by atoms with Gasteiger partial charge in [-0.25, -0.2) is 4.98 Å². The number of aromatic nitrogens is 1. The largest absolute Gasteiger partial charge is 0.481 e. The second kappa shape index (κ2) is 8.90. The molecule has 0 aliphatic rings. The minimum Gasteiger partial charge on any atom is -0.481 e. The second-order valence-electron chi connectivity index (χ2n) is 4.60. The second-order valence-corrected chi connectivity index (χ2v) is 6.97. The van der Waals surface area contributed by atoms with Crippen LogP contribution in [-0.2, 0) is 16.0 Å². The van der Waals surface area contributed by atoms with Crippen LogP contribution >= 0.6 is 34.7 Å². The summed E-state index contributed by atoms with van der Waals surface area (Å²) >= 11 is 8.86. The molecule has 0 fully saturated rings.